The molecule has 0 spiro atoms. The van der Waals surface area contributed by atoms with Crippen molar-refractivity contribution in [3.05, 3.63) is 63.8 Å². The van der Waals surface area contributed by atoms with Crippen LogP contribution in [0.2, 0.25) is 0 Å². The Labute approximate surface area is 141 Å². The van der Waals surface area contributed by atoms with Gasteiger partial charge in [0, 0.05) is 4.47 Å². The highest BCUT2D eigenvalue weighted by Crippen LogP contribution is 2.20. The monoisotopic (exact) mass is 374 g/mol. The summed E-state index contributed by atoms with van der Waals surface area (Å²) in [5.74, 6) is 0.408. The standard InChI is InChI=1S/C16H15BrN4O2/c1-10-8-12(5-6-14(10)17)21-11(2)15(19-20-21)16(22)18-9-13-4-3-7-23-13/h3-8H,9H2,1-2H3,(H,18,22). The number of amides is 1. The second kappa shape index (κ2) is 6.37. The zero-order chi connectivity index (χ0) is 16.4. The van der Waals surface area contributed by atoms with Crippen molar-refractivity contribution in [3.63, 3.8) is 0 Å². The lowest BCUT2D eigenvalue weighted by molar-refractivity contribution is 0.0942. The van der Waals surface area contributed by atoms with Crippen LogP contribution in [-0.4, -0.2) is 20.9 Å². The number of aromatic nitrogens is 3. The Morgan fingerprint density at radius 1 is 1.35 bits per heavy atom. The molecule has 3 aromatic rings. The van der Waals surface area contributed by atoms with Gasteiger partial charge >= 0.3 is 0 Å². The van der Waals surface area contributed by atoms with Gasteiger partial charge in [-0.1, -0.05) is 21.1 Å². The lowest BCUT2D eigenvalue weighted by Gasteiger charge is -2.06. The number of rotatable bonds is 4. The smallest absolute Gasteiger partial charge is 0.274 e. The summed E-state index contributed by atoms with van der Waals surface area (Å²) >= 11 is 3.47. The topological polar surface area (TPSA) is 73.0 Å². The minimum absolute atomic E-state index is 0.279. The fourth-order valence-corrected chi connectivity index (χ4v) is 2.46. The lowest BCUT2D eigenvalue weighted by Crippen LogP contribution is -2.23. The van der Waals surface area contributed by atoms with E-state index in [0.29, 0.717) is 23.7 Å². The molecule has 2 aromatic heterocycles. The summed E-state index contributed by atoms with van der Waals surface area (Å²) in [6.45, 7) is 4.13. The first-order valence-electron chi connectivity index (χ1n) is 7.05. The van der Waals surface area contributed by atoms with Gasteiger partial charge in [0.1, 0.15) is 5.76 Å². The van der Waals surface area contributed by atoms with Crippen LogP contribution in [0.25, 0.3) is 5.69 Å². The molecule has 3 rings (SSSR count). The molecule has 0 unspecified atom stereocenters. The highest BCUT2D eigenvalue weighted by Gasteiger charge is 2.17. The van der Waals surface area contributed by atoms with Crippen LogP contribution in [-0.2, 0) is 6.54 Å². The van der Waals surface area contributed by atoms with Gasteiger partial charge in [-0.15, -0.1) is 5.10 Å². The summed E-state index contributed by atoms with van der Waals surface area (Å²) in [7, 11) is 0. The van der Waals surface area contributed by atoms with Gasteiger partial charge in [-0.25, -0.2) is 4.68 Å². The number of benzene rings is 1. The quantitative estimate of drug-likeness (QED) is 0.760. The van der Waals surface area contributed by atoms with E-state index in [1.54, 1.807) is 23.1 Å². The molecule has 0 radical (unpaired) electrons. The second-order valence-electron chi connectivity index (χ2n) is 5.13. The normalized spacial score (nSPS) is 10.7. The number of halogens is 1. The summed E-state index contributed by atoms with van der Waals surface area (Å²) in [5.41, 5.74) is 2.93. The van der Waals surface area contributed by atoms with Crippen molar-refractivity contribution in [3.8, 4) is 5.69 Å². The summed E-state index contributed by atoms with van der Waals surface area (Å²) in [6, 6.07) is 9.43. The summed E-state index contributed by atoms with van der Waals surface area (Å²) in [6.07, 6.45) is 1.57. The molecule has 0 saturated heterocycles. The third kappa shape index (κ3) is 3.19. The van der Waals surface area contributed by atoms with Crippen molar-refractivity contribution in [2.75, 3.05) is 0 Å². The van der Waals surface area contributed by atoms with Crippen molar-refractivity contribution in [1.29, 1.82) is 0 Å². The number of hydrogen-bond acceptors (Lipinski definition) is 4. The average Bonchev–Trinajstić information content (AvgIpc) is 3.17. The van der Waals surface area contributed by atoms with Crippen LogP contribution in [0.15, 0.2) is 45.5 Å². The van der Waals surface area contributed by atoms with Gasteiger partial charge in [0.05, 0.1) is 24.2 Å². The van der Waals surface area contributed by atoms with Gasteiger partial charge < -0.3 is 9.73 Å². The van der Waals surface area contributed by atoms with Crippen LogP contribution < -0.4 is 5.32 Å². The number of carbonyl (C=O) groups is 1. The molecule has 0 atom stereocenters. The van der Waals surface area contributed by atoms with Gasteiger partial charge in [-0.05, 0) is 49.7 Å². The van der Waals surface area contributed by atoms with Crippen LogP contribution >= 0.6 is 15.9 Å². The molecular formula is C16H15BrN4O2. The van der Waals surface area contributed by atoms with Gasteiger partial charge in [0.15, 0.2) is 5.69 Å². The molecule has 0 aliphatic carbocycles. The van der Waals surface area contributed by atoms with Crippen LogP contribution in [0.4, 0.5) is 0 Å². The zero-order valence-electron chi connectivity index (χ0n) is 12.7. The number of aryl methyl sites for hydroxylation is 1. The molecule has 118 valence electrons. The van der Waals surface area contributed by atoms with Crippen molar-refractivity contribution >= 4 is 21.8 Å². The minimum Gasteiger partial charge on any atom is -0.467 e. The first kappa shape index (κ1) is 15.5. The number of nitrogens with one attached hydrogen (secondary N) is 1. The van der Waals surface area contributed by atoms with Gasteiger partial charge in [-0.2, -0.15) is 0 Å². The Morgan fingerprint density at radius 3 is 2.87 bits per heavy atom. The van der Waals surface area contributed by atoms with Gasteiger partial charge in [-0.3, -0.25) is 4.79 Å². The Morgan fingerprint density at radius 2 is 2.17 bits per heavy atom. The summed E-state index contributed by atoms with van der Waals surface area (Å²) < 4.78 is 7.87. The van der Waals surface area contributed by atoms with Crippen molar-refractivity contribution in [1.82, 2.24) is 20.3 Å². The van der Waals surface area contributed by atoms with Crippen molar-refractivity contribution in [2.45, 2.75) is 20.4 Å². The molecule has 7 heteroatoms. The molecule has 0 bridgehead atoms. The number of furan rings is 1. The van der Waals surface area contributed by atoms with E-state index in [1.165, 1.54) is 0 Å². The maximum absolute atomic E-state index is 12.3. The molecule has 1 N–H and O–H groups in total. The van der Waals surface area contributed by atoms with E-state index < -0.39 is 0 Å². The zero-order valence-corrected chi connectivity index (χ0v) is 14.3. The Balaban J connectivity index is 1.80. The van der Waals surface area contributed by atoms with E-state index in [1.807, 2.05) is 32.0 Å². The maximum Gasteiger partial charge on any atom is 0.274 e. The van der Waals surface area contributed by atoms with Crippen LogP contribution in [0.1, 0.15) is 27.5 Å². The first-order valence-corrected chi connectivity index (χ1v) is 7.85. The molecule has 1 amide bonds. The molecule has 0 aliphatic heterocycles. The SMILES string of the molecule is Cc1cc(-n2nnc(C(=O)NCc3ccco3)c2C)ccc1Br. The number of carbonyl (C=O) groups excluding carboxylic acids is 1. The fourth-order valence-electron chi connectivity index (χ4n) is 2.21. The molecule has 0 saturated carbocycles. The molecule has 1 aromatic carbocycles. The minimum atomic E-state index is -0.279. The highest BCUT2D eigenvalue weighted by atomic mass is 79.9. The predicted molar refractivity (Wildman–Crippen MR) is 88.4 cm³/mol. The molecule has 23 heavy (non-hydrogen) atoms. The molecule has 2 heterocycles. The average molecular weight is 375 g/mol. The third-order valence-electron chi connectivity index (χ3n) is 3.50. The van der Waals surface area contributed by atoms with E-state index >= 15 is 0 Å². The van der Waals surface area contributed by atoms with Crippen molar-refractivity contribution in [2.24, 2.45) is 0 Å². The first-order chi connectivity index (χ1) is 11.1. The summed E-state index contributed by atoms with van der Waals surface area (Å²) in [5, 5.41) is 10.9. The molecular weight excluding hydrogens is 360 g/mol. The van der Waals surface area contributed by atoms with E-state index in [-0.39, 0.29) is 5.91 Å². The van der Waals surface area contributed by atoms with Crippen LogP contribution in [0, 0.1) is 13.8 Å². The number of nitrogens with zero attached hydrogens (tertiary/aromatic N) is 3. The lowest BCUT2D eigenvalue weighted by atomic mass is 10.2. The molecule has 0 fully saturated rings. The molecule has 6 nitrogen and oxygen atoms in total. The van der Waals surface area contributed by atoms with Crippen LogP contribution in [0.3, 0.4) is 0 Å². The second-order valence-corrected chi connectivity index (χ2v) is 5.99. The Bertz CT molecular complexity index is 840. The van der Waals surface area contributed by atoms with Gasteiger partial charge in [0.2, 0.25) is 0 Å². The summed E-state index contributed by atoms with van der Waals surface area (Å²) in [4.78, 5) is 12.3. The van der Waals surface area contributed by atoms with E-state index in [9.17, 15) is 4.79 Å². The fraction of sp³-hybridized carbons (Fsp3) is 0.188. The van der Waals surface area contributed by atoms with Crippen LogP contribution in [0.5, 0.6) is 0 Å². The van der Waals surface area contributed by atoms with Crippen molar-refractivity contribution < 1.29 is 9.21 Å². The Hall–Kier alpha value is -2.41. The Kier molecular flexibility index (Phi) is 4.29. The largest absolute Gasteiger partial charge is 0.467 e. The van der Waals surface area contributed by atoms with E-state index in [4.69, 9.17) is 4.42 Å². The predicted octanol–water partition coefficient (Wildman–Crippen LogP) is 3.17. The highest BCUT2D eigenvalue weighted by molar-refractivity contribution is 9.10. The van der Waals surface area contributed by atoms with Gasteiger partial charge in [0.25, 0.3) is 5.91 Å². The third-order valence-corrected chi connectivity index (χ3v) is 4.39. The van der Waals surface area contributed by atoms with E-state index in [0.717, 1.165) is 15.7 Å². The molecule has 0 aliphatic rings. The maximum atomic E-state index is 12.3. The number of hydrogen-bond donors (Lipinski definition) is 1. The van der Waals surface area contributed by atoms with E-state index in [2.05, 4.69) is 31.6 Å².